The van der Waals surface area contributed by atoms with Gasteiger partial charge < -0.3 is 19.9 Å². The van der Waals surface area contributed by atoms with E-state index in [-0.39, 0.29) is 24.8 Å². The maximum absolute atomic E-state index is 12.8. The lowest BCUT2D eigenvalue weighted by molar-refractivity contribution is -0.143. The number of hydrogen-bond acceptors (Lipinski definition) is 7. The Kier molecular flexibility index (Phi) is 8.88. The highest BCUT2D eigenvalue weighted by molar-refractivity contribution is 8.26. The van der Waals surface area contributed by atoms with Gasteiger partial charge in [0.15, 0.2) is 11.5 Å². The summed E-state index contributed by atoms with van der Waals surface area (Å²) in [5.74, 6) is -0.901. The fraction of sp³-hybridized carbons (Fsp3) is 0.429. The van der Waals surface area contributed by atoms with Crippen LogP contribution in [-0.4, -0.2) is 58.9 Å². The Morgan fingerprint density at radius 2 is 1.97 bits per heavy atom. The second-order valence-electron chi connectivity index (χ2n) is 6.97. The Morgan fingerprint density at radius 3 is 2.55 bits per heavy atom. The lowest BCUT2D eigenvalue weighted by Crippen LogP contribution is -2.46. The molecule has 0 aromatic heterocycles. The van der Waals surface area contributed by atoms with Gasteiger partial charge in [-0.25, -0.2) is 4.79 Å². The Labute approximate surface area is 191 Å². The topological polar surface area (TPSA) is 105 Å². The predicted molar refractivity (Wildman–Crippen MR) is 123 cm³/mol. The number of rotatable bonds is 10. The Hall–Kier alpha value is -2.59. The molecule has 1 aliphatic rings. The van der Waals surface area contributed by atoms with Crippen LogP contribution in [0.15, 0.2) is 23.1 Å². The van der Waals surface area contributed by atoms with E-state index >= 15 is 0 Å². The van der Waals surface area contributed by atoms with Crippen LogP contribution < -0.4 is 14.8 Å². The molecular weight excluding hydrogens is 440 g/mol. The number of methoxy groups -OCH3 is 2. The van der Waals surface area contributed by atoms with Crippen molar-refractivity contribution in [2.24, 2.45) is 5.92 Å². The molecule has 1 aromatic carbocycles. The second kappa shape index (κ2) is 11.1. The van der Waals surface area contributed by atoms with Crippen LogP contribution in [0.2, 0.25) is 0 Å². The fourth-order valence-corrected chi connectivity index (χ4v) is 4.24. The molecule has 0 bridgehead atoms. The van der Waals surface area contributed by atoms with Crippen LogP contribution in [0.5, 0.6) is 11.5 Å². The summed E-state index contributed by atoms with van der Waals surface area (Å²) in [7, 11) is 3.07. The minimum atomic E-state index is -1.08. The summed E-state index contributed by atoms with van der Waals surface area (Å²) in [6.07, 6.45) is 2.27. The molecule has 0 aliphatic carbocycles. The average molecular weight is 467 g/mol. The minimum Gasteiger partial charge on any atom is -0.493 e. The molecule has 2 rings (SSSR count). The molecule has 2 amide bonds. The number of amides is 2. The smallest absolute Gasteiger partial charge is 0.326 e. The normalized spacial score (nSPS) is 16.9. The van der Waals surface area contributed by atoms with Crippen molar-refractivity contribution < 1.29 is 29.0 Å². The van der Waals surface area contributed by atoms with Crippen LogP contribution in [0.25, 0.3) is 6.08 Å². The summed E-state index contributed by atoms with van der Waals surface area (Å²) < 4.78 is 10.8. The van der Waals surface area contributed by atoms with Gasteiger partial charge in [-0.2, -0.15) is 0 Å². The largest absolute Gasteiger partial charge is 0.493 e. The molecule has 10 heteroatoms. The lowest BCUT2D eigenvalue weighted by Gasteiger charge is -2.21. The van der Waals surface area contributed by atoms with E-state index < -0.39 is 17.9 Å². The van der Waals surface area contributed by atoms with E-state index in [0.29, 0.717) is 27.1 Å². The number of ether oxygens (including phenoxy) is 2. The van der Waals surface area contributed by atoms with Crippen molar-refractivity contribution in [1.82, 2.24) is 10.2 Å². The fourth-order valence-electron chi connectivity index (χ4n) is 2.93. The SMILES string of the molecule is CCC(C)C(NC(=O)CCN1C(=O)C(=Cc2ccc(OC)c(OC)c2)SC1=S)C(=O)O. The highest BCUT2D eigenvalue weighted by Gasteiger charge is 2.33. The van der Waals surface area contributed by atoms with Crippen molar-refractivity contribution in [2.75, 3.05) is 20.8 Å². The van der Waals surface area contributed by atoms with Gasteiger partial charge in [0.1, 0.15) is 10.4 Å². The lowest BCUT2D eigenvalue weighted by atomic mass is 9.99. The van der Waals surface area contributed by atoms with Crippen LogP contribution >= 0.6 is 24.0 Å². The molecule has 1 fully saturated rings. The van der Waals surface area contributed by atoms with E-state index in [1.807, 2.05) is 6.92 Å². The van der Waals surface area contributed by atoms with Crippen molar-refractivity contribution >= 4 is 52.2 Å². The van der Waals surface area contributed by atoms with E-state index in [4.69, 9.17) is 21.7 Å². The van der Waals surface area contributed by atoms with E-state index in [1.54, 1.807) is 38.3 Å². The third-order valence-corrected chi connectivity index (χ3v) is 6.31. The number of nitrogens with one attached hydrogen (secondary N) is 1. The number of carboxylic acids is 1. The Balaban J connectivity index is 2.04. The van der Waals surface area contributed by atoms with Gasteiger partial charge in [-0.05, 0) is 29.7 Å². The van der Waals surface area contributed by atoms with Crippen LogP contribution in [0, 0.1) is 5.92 Å². The zero-order valence-corrected chi connectivity index (χ0v) is 19.5. The summed E-state index contributed by atoms with van der Waals surface area (Å²) in [4.78, 5) is 38.2. The molecule has 1 aromatic rings. The summed E-state index contributed by atoms with van der Waals surface area (Å²) in [5.41, 5.74) is 0.744. The number of thiocarbonyl (C=S) groups is 1. The quantitative estimate of drug-likeness (QED) is 0.401. The molecule has 2 unspecified atom stereocenters. The van der Waals surface area contributed by atoms with Gasteiger partial charge >= 0.3 is 5.97 Å². The van der Waals surface area contributed by atoms with E-state index in [0.717, 1.165) is 17.3 Å². The molecule has 31 heavy (non-hydrogen) atoms. The van der Waals surface area contributed by atoms with E-state index in [1.165, 1.54) is 12.0 Å². The first-order chi connectivity index (χ1) is 14.7. The first-order valence-corrected chi connectivity index (χ1v) is 10.9. The number of aliphatic carboxylic acids is 1. The van der Waals surface area contributed by atoms with E-state index in [2.05, 4.69) is 5.32 Å². The van der Waals surface area contributed by atoms with E-state index in [9.17, 15) is 19.5 Å². The zero-order chi connectivity index (χ0) is 23.1. The maximum atomic E-state index is 12.8. The summed E-state index contributed by atoms with van der Waals surface area (Å²) in [5, 5.41) is 11.8. The molecule has 168 valence electrons. The highest BCUT2D eigenvalue weighted by atomic mass is 32.2. The Morgan fingerprint density at radius 1 is 1.29 bits per heavy atom. The molecule has 0 saturated carbocycles. The van der Waals surface area contributed by atoms with Gasteiger partial charge in [0, 0.05) is 13.0 Å². The zero-order valence-electron chi connectivity index (χ0n) is 17.8. The number of nitrogens with zero attached hydrogens (tertiary/aromatic N) is 1. The molecule has 0 radical (unpaired) electrons. The van der Waals surface area contributed by atoms with Gasteiger partial charge in [0.25, 0.3) is 5.91 Å². The van der Waals surface area contributed by atoms with Crippen LogP contribution in [-0.2, 0) is 14.4 Å². The molecule has 2 atom stereocenters. The number of carbonyl (C=O) groups is 3. The van der Waals surface area contributed by atoms with Crippen LogP contribution in [0.1, 0.15) is 32.3 Å². The average Bonchev–Trinajstić information content (AvgIpc) is 3.01. The summed E-state index contributed by atoms with van der Waals surface area (Å²) >= 11 is 6.45. The molecule has 0 spiro atoms. The van der Waals surface area contributed by atoms with Crippen LogP contribution in [0.4, 0.5) is 0 Å². The predicted octanol–water partition coefficient (Wildman–Crippen LogP) is 2.91. The van der Waals surface area contributed by atoms with Gasteiger partial charge in [-0.3, -0.25) is 14.5 Å². The van der Waals surface area contributed by atoms with Gasteiger partial charge in [-0.15, -0.1) is 0 Å². The number of benzene rings is 1. The number of carbonyl (C=O) groups excluding carboxylic acids is 2. The highest BCUT2D eigenvalue weighted by Crippen LogP contribution is 2.34. The van der Waals surface area contributed by atoms with Crippen molar-refractivity contribution in [3.63, 3.8) is 0 Å². The molecule has 1 aliphatic heterocycles. The van der Waals surface area contributed by atoms with Crippen molar-refractivity contribution in [1.29, 1.82) is 0 Å². The molecule has 1 saturated heterocycles. The summed E-state index contributed by atoms with van der Waals surface area (Å²) in [6.45, 7) is 3.70. The number of thioether (sulfide) groups is 1. The van der Waals surface area contributed by atoms with Crippen molar-refractivity contribution in [3.05, 3.63) is 28.7 Å². The van der Waals surface area contributed by atoms with Gasteiger partial charge in [0.2, 0.25) is 5.91 Å². The molecular formula is C21H26N2O6S2. The van der Waals surface area contributed by atoms with Gasteiger partial charge in [0.05, 0.1) is 19.1 Å². The van der Waals surface area contributed by atoms with Crippen LogP contribution in [0.3, 0.4) is 0 Å². The monoisotopic (exact) mass is 466 g/mol. The second-order valence-corrected chi connectivity index (χ2v) is 8.64. The molecule has 8 nitrogen and oxygen atoms in total. The maximum Gasteiger partial charge on any atom is 0.326 e. The third kappa shape index (κ3) is 6.20. The Bertz CT molecular complexity index is 902. The van der Waals surface area contributed by atoms with Gasteiger partial charge in [-0.1, -0.05) is 50.3 Å². The first kappa shape index (κ1) is 24.7. The van der Waals surface area contributed by atoms with Crippen molar-refractivity contribution in [2.45, 2.75) is 32.7 Å². The standard InChI is InChI=1S/C21H26N2O6S2/c1-5-12(2)18(20(26)27)22-17(24)8-9-23-19(25)16(31-21(23)30)11-13-6-7-14(28-3)15(10-13)29-4/h6-7,10-12,18H,5,8-9H2,1-4H3,(H,22,24)(H,26,27). The minimum absolute atomic E-state index is 0.0453. The number of carboxylic acid groups (broad SMARTS) is 1. The first-order valence-electron chi connectivity index (χ1n) is 9.71. The number of hydrogen-bond donors (Lipinski definition) is 2. The molecule has 1 heterocycles. The van der Waals surface area contributed by atoms with Crippen molar-refractivity contribution in [3.8, 4) is 11.5 Å². The molecule has 2 N–H and O–H groups in total. The summed E-state index contributed by atoms with van der Waals surface area (Å²) in [6, 6.07) is 4.32. The third-order valence-electron chi connectivity index (χ3n) is 4.94.